The number of hydrogen-bond donors (Lipinski definition) is 3. The number of aliphatic hydroxyl groups is 1. The van der Waals surface area contributed by atoms with Crippen LogP contribution in [0.5, 0.6) is 17.2 Å². The highest BCUT2D eigenvalue weighted by Gasteiger charge is 2.37. The van der Waals surface area contributed by atoms with E-state index in [9.17, 15) is 20.1 Å². The van der Waals surface area contributed by atoms with Gasteiger partial charge in [-0.25, -0.2) is 0 Å². The van der Waals surface area contributed by atoms with Gasteiger partial charge in [0.25, 0.3) is 0 Å². The van der Waals surface area contributed by atoms with Crippen molar-refractivity contribution in [3.05, 3.63) is 38.5 Å². The van der Waals surface area contributed by atoms with E-state index in [0.717, 1.165) is 5.56 Å². The van der Waals surface area contributed by atoms with E-state index < -0.39 is 12.0 Å². The van der Waals surface area contributed by atoms with Gasteiger partial charge in [-0.05, 0) is 38.8 Å². The fraction of sp³-hybridized carbons (Fsp3) is 0.435. The first kappa shape index (κ1) is 19.6. The number of benzene rings is 2. The molecule has 0 unspecified atom stereocenters. The lowest BCUT2D eigenvalue weighted by atomic mass is 9.82. The van der Waals surface area contributed by atoms with E-state index in [1.165, 1.54) is 6.07 Å². The number of aromatic hydroxyl groups is 2. The van der Waals surface area contributed by atoms with Crippen LogP contribution < -0.4 is 10.2 Å². The third-order valence-electron chi connectivity index (χ3n) is 6.55. The quantitative estimate of drug-likeness (QED) is 0.440. The molecule has 0 saturated carbocycles. The van der Waals surface area contributed by atoms with Gasteiger partial charge in [0.2, 0.25) is 0 Å². The third kappa shape index (κ3) is 2.55. The first-order valence-electron chi connectivity index (χ1n) is 9.89. The lowest BCUT2D eigenvalue weighted by Crippen LogP contribution is -2.28. The minimum Gasteiger partial charge on any atom is -0.507 e. The number of hydrogen-bond acceptors (Lipinski definition) is 6. The molecule has 3 N–H and O–H groups in total. The lowest BCUT2D eigenvalue weighted by Gasteiger charge is -2.34. The van der Waals surface area contributed by atoms with Crippen molar-refractivity contribution >= 4 is 11.0 Å². The van der Waals surface area contributed by atoms with Crippen LogP contribution in [0.4, 0.5) is 0 Å². The van der Waals surface area contributed by atoms with Crippen LogP contribution in [0.3, 0.4) is 0 Å². The van der Waals surface area contributed by atoms with E-state index in [1.54, 1.807) is 27.7 Å². The van der Waals surface area contributed by atoms with Gasteiger partial charge in [-0.1, -0.05) is 13.8 Å². The van der Waals surface area contributed by atoms with Gasteiger partial charge < -0.3 is 24.5 Å². The normalized spacial score (nSPS) is 20.7. The Labute approximate surface area is 168 Å². The van der Waals surface area contributed by atoms with Crippen LogP contribution in [0.2, 0.25) is 0 Å². The fourth-order valence-corrected chi connectivity index (χ4v) is 4.46. The summed E-state index contributed by atoms with van der Waals surface area (Å²) in [5.74, 6) is 0.0425. The van der Waals surface area contributed by atoms with Crippen LogP contribution in [0, 0.1) is 13.8 Å². The molecule has 0 spiro atoms. The maximum absolute atomic E-state index is 12.6. The van der Waals surface area contributed by atoms with Crippen LogP contribution in [0.1, 0.15) is 61.8 Å². The van der Waals surface area contributed by atoms with E-state index in [1.807, 2.05) is 13.8 Å². The molecule has 1 aromatic carbocycles. The summed E-state index contributed by atoms with van der Waals surface area (Å²) in [5.41, 5.74) is 2.92. The Morgan fingerprint density at radius 3 is 2.34 bits per heavy atom. The molecule has 2 aliphatic heterocycles. The standard InChI is InChI=1S/C23H26O6/c1-8(12(5)24)17-11(4)20(26)19-22-18-15(29-23(19)21(17)27)7-14(25)10(3)16(18)9(2)13(6)28-22/h7-9,12-13,24,26-27H,1-6H3/t8-,9-,12+,13+/m1/s1. The number of rotatable bonds is 2. The van der Waals surface area contributed by atoms with Crippen LogP contribution in [-0.4, -0.2) is 27.5 Å². The zero-order chi connectivity index (χ0) is 21.4. The Hall–Kier alpha value is -2.73. The maximum atomic E-state index is 12.6. The SMILES string of the molecule is Cc1c([C@H](C)[C@H](C)O)c(O)c2oc3cc(=O)c(C)c4c-3c(c2c1O)O[C@@H](C)[C@H]4C. The predicted molar refractivity (Wildman–Crippen MR) is 111 cm³/mol. The molecule has 0 fully saturated rings. The smallest absolute Gasteiger partial charge is 0.185 e. The molecule has 154 valence electrons. The second-order valence-corrected chi connectivity index (χ2v) is 8.30. The molecule has 0 aromatic heterocycles. The Morgan fingerprint density at radius 1 is 1.07 bits per heavy atom. The zero-order valence-corrected chi connectivity index (χ0v) is 17.5. The van der Waals surface area contributed by atoms with E-state index >= 15 is 0 Å². The van der Waals surface area contributed by atoms with Crippen molar-refractivity contribution in [3.63, 3.8) is 0 Å². The van der Waals surface area contributed by atoms with Gasteiger partial charge in [0.05, 0.1) is 11.7 Å². The van der Waals surface area contributed by atoms with Crippen LogP contribution in [0.15, 0.2) is 15.3 Å². The summed E-state index contributed by atoms with van der Waals surface area (Å²) in [6, 6.07) is 1.40. The Kier molecular flexibility index (Phi) is 4.31. The molecule has 0 amide bonds. The molecule has 2 heterocycles. The van der Waals surface area contributed by atoms with Crippen LogP contribution in [-0.2, 0) is 0 Å². The molecular weight excluding hydrogens is 372 g/mol. The second kappa shape index (κ2) is 6.39. The average Bonchev–Trinajstić information content (AvgIpc) is 2.66. The average molecular weight is 398 g/mol. The van der Waals surface area contributed by atoms with Crippen molar-refractivity contribution in [3.8, 4) is 28.6 Å². The molecule has 6 heteroatoms. The van der Waals surface area contributed by atoms with Gasteiger partial charge in [0, 0.05) is 29.0 Å². The molecule has 1 aliphatic carbocycles. The van der Waals surface area contributed by atoms with Crippen molar-refractivity contribution in [1.82, 2.24) is 0 Å². The molecule has 0 saturated heterocycles. The fourth-order valence-electron chi connectivity index (χ4n) is 4.46. The summed E-state index contributed by atoms with van der Waals surface area (Å²) in [6.45, 7) is 10.8. The molecule has 4 atom stereocenters. The number of phenols is 2. The van der Waals surface area contributed by atoms with Crippen molar-refractivity contribution in [2.75, 3.05) is 0 Å². The minimum atomic E-state index is -0.741. The topological polar surface area (TPSA) is 100 Å². The summed E-state index contributed by atoms with van der Waals surface area (Å²) in [4.78, 5) is 12.6. The monoisotopic (exact) mass is 398 g/mol. The zero-order valence-electron chi connectivity index (χ0n) is 17.5. The largest absolute Gasteiger partial charge is 0.507 e. The predicted octanol–water partition coefficient (Wildman–Crippen LogP) is 4.29. The molecule has 1 aromatic rings. The number of fused-ring (bicyclic) bond motifs is 2. The summed E-state index contributed by atoms with van der Waals surface area (Å²) in [6.07, 6.45) is -0.968. The van der Waals surface area contributed by atoms with E-state index in [0.29, 0.717) is 33.8 Å². The first-order valence-corrected chi connectivity index (χ1v) is 9.89. The van der Waals surface area contributed by atoms with Crippen LogP contribution in [0.25, 0.3) is 22.3 Å². The molecule has 4 rings (SSSR count). The Bertz CT molecular complexity index is 1170. The second-order valence-electron chi connectivity index (χ2n) is 8.30. The molecule has 0 radical (unpaired) electrons. The minimum absolute atomic E-state index is 0.0297. The molecule has 29 heavy (non-hydrogen) atoms. The van der Waals surface area contributed by atoms with Gasteiger partial charge in [-0.2, -0.15) is 0 Å². The van der Waals surface area contributed by atoms with E-state index in [-0.39, 0.29) is 39.9 Å². The molecule has 3 aliphatic rings. The number of phenolic OH excluding ortho intramolecular Hbond substituents is 2. The Morgan fingerprint density at radius 2 is 1.72 bits per heavy atom. The summed E-state index contributed by atoms with van der Waals surface area (Å²) in [7, 11) is 0. The van der Waals surface area contributed by atoms with E-state index in [4.69, 9.17) is 9.15 Å². The van der Waals surface area contributed by atoms with Crippen molar-refractivity contribution in [2.45, 2.75) is 65.6 Å². The highest BCUT2D eigenvalue weighted by molar-refractivity contribution is 6.01. The third-order valence-corrected chi connectivity index (χ3v) is 6.55. The highest BCUT2D eigenvalue weighted by atomic mass is 16.5. The van der Waals surface area contributed by atoms with E-state index in [2.05, 4.69) is 0 Å². The summed E-state index contributed by atoms with van der Waals surface area (Å²) in [5, 5.41) is 32.4. The van der Waals surface area contributed by atoms with Gasteiger partial charge in [-0.15, -0.1) is 0 Å². The molecule has 6 nitrogen and oxygen atoms in total. The maximum Gasteiger partial charge on any atom is 0.185 e. The van der Waals surface area contributed by atoms with Crippen molar-refractivity contribution in [1.29, 1.82) is 0 Å². The molecule has 0 bridgehead atoms. The number of aliphatic hydroxyl groups excluding tert-OH is 1. The first-order chi connectivity index (χ1) is 13.6. The van der Waals surface area contributed by atoms with Gasteiger partial charge >= 0.3 is 0 Å². The van der Waals surface area contributed by atoms with Crippen LogP contribution >= 0.6 is 0 Å². The Balaban J connectivity index is 2.24. The van der Waals surface area contributed by atoms with Crippen molar-refractivity contribution < 1.29 is 24.5 Å². The lowest BCUT2D eigenvalue weighted by molar-refractivity contribution is 0.167. The van der Waals surface area contributed by atoms with Gasteiger partial charge in [0.1, 0.15) is 28.7 Å². The molecular formula is C23H26O6. The number of ether oxygens (including phenoxy) is 1. The van der Waals surface area contributed by atoms with Gasteiger partial charge in [0.15, 0.2) is 16.8 Å². The van der Waals surface area contributed by atoms with Gasteiger partial charge in [-0.3, -0.25) is 4.79 Å². The summed E-state index contributed by atoms with van der Waals surface area (Å²) >= 11 is 0. The van der Waals surface area contributed by atoms with Crippen molar-refractivity contribution in [2.24, 2.45) is 0 Å². The highest BCUT2D eigenvalue weighted by Crippen LogP contribution is 2.54. The summed E-state index contributed by atoms with van der Waals surface area (Å²) < 4.78 is 12.2.